The Hall–Kier alpha value is -4.28. The Morgan fingerprint density at radius 1 is 1.16 bits per heavy atom. The Morgan fingerprint density at radius 2 is 1.91 bits per heavy atom. The van der Waals surface area contributed by atoms with Crippen LogP contribution >= 0.6 is 0 Å². The zero-order chi connectivity index (χ0) is 22.8. The van der Waals surface area contributed by atoms with Gasteiger partial charge in [0, 0.05) is 42.9 Å². The van der Waals surface area contributed by atoms with Gasteiger partial charge in [0.2, 0.25) is 11.8 Å². The number of carbonyl (C=O) groups excluding carboxylic acids is 4. The van der Waals surface area contributed by atoms with Gasteiger partial charge in [-0.1, -0.05) is 12.1 Å². The summed E-state index contributed by atoms with van der Waals surface area (Å²) in [5, 5.41) is 18.2. The van der Waals surface area contributed by atoms with Crippen LogP contribution in [0.3, 0.4) is 0 Å². The van der Waals surface area contributed by atoms with Crippen molar-refractivity contribution in [3.8, 4) is 0 Å². The second-order valence-corrected chi connectivity index (χ2v) is 7.50. The van der Waals surface area contributed by atoms with Crippen LogP contribution in [-0.4, -0.2) is 39.6 Å². The summed E-state index contributed by atoms with van der Waals surface area (Å²) in [5.41, 5.74) is 2.26. The largest absolute Gasteiger partial charge is 0.334 e. The van der Waals surface area contributed by atoms with Crippen LogP contribution in [-0.2, 0) is 22.7 Å². The Labute approximate surface area is 181 Å². The standard InChI is InChI=1S/C21H19N5O6/c27-18-8-7-17(19(28)24-18)25-11-13-2-1-12(9-16(13)20(25)29)10-22-21(30)23-14-3-5-15(6-4-14)26(31)32/h1-6,9,17H,7-8,10-11H2,(H2,22,23,30)(H,24,27,28). The van der Waals surface area contributed by atoms with Gasteiger partial charge in [-0.3, -0.25) is 29.8 Å². The van der Waals surface area contributed by atoms with Crippen LogP contribution in [0.4, 0.5) is 16.2 Å². The van der Waals surface area contributed by atoms with Crippen LogP contribution in [0.25, 0.3) is 0 Å². The number of imide groups is 1. The minimum atomic E-state index is -0.679. The maximum atomic E-state index is 12.8. The summed E-state index contributed by atoms with van der Waals surface area (Å²) in [7, 11) is 0. The summed E-state index contributed by atoms with van der Waals surface area (Å²) >= 11 is 0. The molecule has 3 N–H and O–H groups in total. The maximum absolute atomic E-state index is 12.8. The fourth-order valence-corrected chi connectivity index (χ4v) is 3.74. The summed E-state index contributed by atoms with van der Waals surface area (Å²) in [6.07, 6.45) is 0.483. The average Bonchev–Trinajstić information content (AvgIpc) is 3.08. The lowest BCUT2D eigenvalue weighted by Crippen LogP contribution is -2.52. The van der Waals surface area contributed by atoms with E-state index in [-0.39, 0.29) is 37.0 Å². The highest BCUT2D eigenvalue weighted by Gasteiger charge is 2.39. The van der Waals surface area contributed by atoms with Crippen molar-refractivity contribution in [3.63, 3.8) is 0 Å². The molecule has 0 aliphatic carbocycles. The van der Waals surface area contributed by atoms with E-state index in [0.29, 0.717) is 23.2 Å². The molecule has 11 nitrogen and oxygen atoms in total. The van der Waals surface area contributed by atoms with Crippen molar-refractivity contribution in [1.29, 1.82) is 0 Å². The molecule has 2 aromatic carbocycles. The highest BCUT2D eigenvalue weighted by molar-refractivity contribution is 6.05. The van der Waals surface area contributed by atoms with E-state index < -0.39 is 22.9 Å². The lowest BCUT2D eigenvalue weighted by molar-refractivity contribution is -0.384. The first-order valence-corrected chi connectivity index (χ1v) is 9.87. The number of nitro groups is 1. The third-order valence-corrected chi connectivity index (χ3v) is 5.38. The number of piperidine rings is 1. The summed E-state index contributed by atoms with van der Waals surface area (Å²) in [5.74, 6) is -1.09. The molecule has 5 amide bonds. The SMILES string of the molecule is O=C1CCC(N2Cc3ccc(CNC(=O)Nc4ccc([N+](=O)[O-])cc4)cc3C2=O)C(=O)N1. The van der Waals surface area contributed by atoms with Gasteiger partial charge >= 0.3 is 6.03 Å². The van der Waals surface area contributed by atoms with Crippen molar-refractivity contribution >= 4 is 35.1 Å². The first-order valence-electron chi connectivity index (χ1n) is 9.87. The normalized spacial score (nSPS) is 17.6. The van der Waals surface area contributed by atoms with Gasteiger partial charge in [-0.05, 0) is 35.7 Å². The van der Waals surface area contributed by atoms with Gasteiger partial charge in [-0.2, -0.15) is 0 Å². The number of benzene rings is 2. The van der Waals surface area contributed by atoms with Crippen LogP contribution in [0.2, 0.25) is 0 Å². The van der Waals surface area contributed by atoms with Crippen LogP contribution < -0.4 is 16.0 Å². The van der Waals surface area contributed by atoms with Gasteiger partial charge in [0.1, 0.15) is 6.04 Å². The Morgan fingerprint density at radius 3 is 2.59 bits per heavy atom. The number of non-ortho nitro benzene ring substituents is 1. The molecule has 0 bridgehead atoms. The van der Waals surface area contributed by atoms with Gasteiger partial charge in [-0.25, -0.2) is 4.79 Å². The molecule has 0 spiro atoms. The van der Waals surface area contributed by atoms with Crippen LogP contribution in [0.5, 0.6) is 0 Å². The molecule has 1 fully saturated rings. The number of hydrogen-bond acceptors (Lipinski definition) is 6. The lowest BCUT2D eigenvalue weighted by Gasteiger charge is -2.29. The molecule has 11 heteroatoms. The fraction of sp³-hybridized carbons (Fsp3) is 0.238. The molecule has 0 aromatic heterocycles. The average molecular weight is 437 g/mol. The van der Waals surface area contributed by atoms with Gasteiger partial charge in [0.25, 0.3) is 11.6 Å². The number of nitrogens with zero attached hydrogens (tertiary/aromatic N) is 2. The van der Waals surface area contributed by atoms with Crippen LogP contribution in [0.1, 0.15) is 34.3 Å². The van der Waals surface area contributed by atoms with Crippen LogP contribution in [0, 0.1) is 10.1 Å². The third kappa shape index (κ3) is 4.26. The van der Waals surface area contributed by atoms with Gasteiger partial charge in [0.15, 0.2) is 0 Å². The van der Waals surface area contributed by atoms with Crippen molar-refractivity contribution in [2.24, 2.45) is 0 Å². The monoisotopic (exact) mass is 437 g/mol. The number of amides is 5. The maximum Gasteiger partial charge on any atom is 0.319 e. The quantitative estimate of drug-likeness (QED) is 0.368. The first kappa shape index (κ1) is 21.0. The summed E-state index contributed by atoms with van der Waals surface area (Å²) in [4.78, 5) is 60.1. The van der Waals surface area contributed by atoms with E-state index in [0.717, 1.165) is 5.56 Å². The Balaban J connectivity index is 1.36. The van der Waals surface area contributed by atoms with Gasteiger partial charge in [0.05, 0.1) is 4.92 Å². The number of urea groups is 1. The van der Waals surface area contributed by atoms with Crippen molar-refractivity contribution < 1.29 is 24.1 Å². The molecule has 1 saturated heterocycles. The molecule has 2 heterocycles. The molecular formula is C21H19N5O6. The minimum Gasteiger partial charge on any atom is -0.334 e. The second kappa shape index (κ2) is 8.46. The number of rotatable bonds is 5. The van der Waals surface area contributed by atoms with E-state index in [9.17, 15) is 29.3 Å². The van der Waals surface area contributed by atoms with E-state index in [1.807, 2.05) is 0 Å². The summed E-state index contributed by atoms with van der Waals surface area (Å²) in [6.45, 7) is 0.437. The number of anilines is 1. The predicted molar refractivity (Wildman–Crippen MR) is 111 cm³/mol. The first-order chi connectivity index (χ1) is 15.3. The van der Waals surface area contributed by atoms with Crippen molar-refractivity contribution in [2.75, 3.05) is 5.32 Å². The molecule has 2 aliphatic rings. The number of carbonyl (C=O) groups is 4. The van der Waals surface area contributed by atoms with E-state index in [4.69, 9.17) is 0 Å². The number of hydrogen-bond donors (Lipinski definition) is 3. The zero-order valence-electron chi connectivity index (χ0n) is 16.8. The van der Waals surface area contributed by atoms with Gasteiger partial charge in [-0.15, -0.1) is 0 Å². The molecule has 32 heavy (non-hydrogen) atoms. The lowest BCUT2D eigenvalue weighted by atomic mass is 10.0. The Bertz CT molecular complexity index is 1130. The molecule has 1 unspecified atom stereocenters. The van der Waals surface area contributed by atoms with E-state index >= 15 is 0 Å². The summed E-state index contributed by atoms with van der Waals surface area (Å²) < 4.78 is 0. The fourth-order valence-electron chi connectivity index (χ4n) is 3.74. The number of fused-ring (bicyclic) bond motifs is 1. The highest BCUT2D eigenvalue weighted by atomic mass is 16.6. The molecule has 2 aliphatic heterocycles. The minimum absolute atomic E-state index is 0.0786. The van der Waals surface area contributed by atoms with Crippen LogP contribution in [0.15, 0.2) is 42.5 Å². The van der Waals surface area contributed by atoms with Gasteiger partial charge < -0.3 is 15.5 Å². The molecule has 4 rings (SSSR count). The van der Waals surface area contributed by atoms with E-state index in [1.165, 1.54) is 29.2 Å². The number of nitro benzene ring substituents is 1. The highest BCUT2D eigenvalue weighted by Crippen LogP contribution is 2.28. The molecule has 0 radical (unpaired) electrons. The molecule has 164 valence electrons. The van der Waals surface area contributed by atoms with Crippen molar-refractivity contribution in [1.82, 2.24) is 15.5 Å². The summed E-state index contributed by atoms with van der Waals surface area (Å²) in [6, 6.07) is 9.49. The van der Waals surface area contributed by atoms with E-state index in [1.54, 1.807) is 18.2 Å². The number of nitrogens with one attached hydrogen (secondary N) is 3. The smallest absolute Gasteiger partial charge is 0.319 e. The topological polar surface area (TPSA) is 151 Å². The third-order valence-electron chi connectivity index (χ3n) is 5.38. The second-order valence-electron chi connectivity index (χ2n) is 7.50. The van der Waals surface area contributed by atoms with Crippen molar-refractivity contribution in [2.45, 2.75) is 32.0 Å². The molecular weight excluding hydrogens is 418 g/mol. The van der Waals surface area contributed by atoms with E-state index in [2.05, 4.69) is 16.0 Å². The molecule has 0 saturated carbocycles. The Kier molecular flexibility index (Phi) is 5.54. The molecule has 2 aromatic rings. The van der Waals surface area contributed by atoms with Crippen molar-refractivity contribution in [3.05, 3.63) is 69.3 Å². The molecule has 1 atom stereocenters. The predicted octanol–water partition coefficient (Wildman–Crippen LogP) is 1.68. The zero-order valence-corrected chi connectivity index (χ0v) is 16.8.